The Morgan fingerprint density at radius 1 is 0.800 bits per heavy atom. The summed E-state index contributed by atoms with van der Waals surface area (Å²) >= 11 is 6.72. The topological polar surface area (TPSA) is 20.2 Å². The first-order chi connectivity index (χ1) is 7.19. The Hall–Kier alpha value is 0.420. The first-order valence-electron chi connectivity index (χ1n) is 4.25. The summed E-state index contributed by atoms with van der Waals surface area (Å²) in [5.41, 5.74) is 0. The Labute approximate surface area is 108 Å². The molecule has 1 aromatic rings. The lowest BCUT2D eigenvalue weighted by atomic mass is 10.3. The minimum Gasteiger partial charge on any atom is -0.507 e. The van der Waals surface area contributed by atoms with Gasteiger partial charge in [0.05, 0.1) is 4.90 Å². The molecule has 0 aliphatic carbocycles. The van der Waals surface area contributed by atoms with Gasteiger partial charge in [-0.15, -0.1) is 47.0 Å². The number of aromatic hydroxyl groups is 1. The summed E-state index contributed by atoms with van der Waals surface area (Å²) in [7, 11) is 0. The van der Waals surface area contributed by atoms with E-state index in [2.05, 4.69) is 12.5 Å². The minimum absolute atomic E-state index is 0.397. The summed E-state index contributed by atoms with van der Waals surface area (Å²) in [5.74, 6) is 0.397. The molecule has 0 aliphatic heterocycles. The highest BCUT2D eigenvalue weighted by Gasteiger charge is 2.15. The van der Waals surface area contributed by atoms with E-state index >= 15 is 0 Å². The summed E-state index contributed by atoms with van der Waals surface area (Å²) in [6.07, 6.45) is 8.17. The van der Waals surface area contributed by atoms with Crippen molar-refractivity contribution >= 4 is 47.0 Å². The second kappa shape index (κ2) is 6.23. The number of rotatable bonds is 4. The number of benzene rings is 1. The van der Waals surface area contributed by atoms with E-state index in [1.807, 2.05) is 18.6 Å². The van der Waals surface area contributed by atoms with E-state index in [-0.39, 0.29) is 0 Å². The van der Waals surface area contributed by atoms with Gasteiger partial charge in [0.25, 0.3) is 0 Å². The Bertz CT molecular complexity index is 352. The molecule has 5 heteroatoms. The summed E-state index contributed by atoms with van der Waals surface area (Å²) in [6.45, 7) is 0. The molecule has 15 heavy (non-hydrogen) atoms. The zero-order valence-corrected chi connectivity index (χ0v) is 12.4. The quantitative estimate of drug-likeness (QED) is 0.827. The SMILES string of the molecule is CSc1cc(O)c(SC)c(SC)c1SC. The molecule has 0 spiro atoms. The number of hydrogen-bond donors (Lipinski definition) is 1. The van der Waals surface area contributed by atoms with Gasteiger partial charge in [-0.05, 0) is 31.1 Å². The van der Waals surface area contributed by atoms with Crippen molar-refractivity contribution in [2.24, 2.45) is 0 Å². The van der Waals surface area contributed by atoms with Crippen LogP contribution in [0.4, 0.5) is 0 Å². The fraction of sp³-hybridized carbons (Fsp3) is 0.400. The number of thioether (sulfide) groups is 4. The first kappa shape index (κ1) is 13.5. The maximum Gasteiger partial charge on any atom is 0.131 e. The zero-order chi connectivity index (χ0) is 11.4. The highest BCUT2D eigenvalue weighted by Crippen LogP contribution is 2.45. The normalized spacial score (nSPS) is 10.7. The van der Waals surface area contributed by atoms with Crippen LogP contribution in [-0.4, -0.2) is 30.1 Å². The third-order valence-corrected chi connectivity index (χ3v) is 5.59. The van der Waals surface area contributed by atoms with E-state index < -0.39 is 0 Å². The summed E-state index contributed by atoms with van der Waals surface area (Å²) < 4.78 is 0. The van der Waals surface area contributed by atoms with Gasteiger partial charge >= 0.3 is 0 Å². The molecule has 84 valence electrons. The van der Waals surface area contributed by atoms with Gasteiger partial charge in [0.15, 0.2) is 0 Å². The van der Waals surface area contributed by atoms with E-state index in [4.69, 9.17) is 0 Å². The van der Waals surface area contributed by atoms with Crippen LogP contribution in [0.5, 0.6) is 5.75 Å². The van der Waals surface area contributed by atoms with Gasteiger partial charge in [0.1, 0.15) is 5.75 Å². The van der Waals surface area contributed by atoms with Crippen LogP contribution in [-0.2, 0) is 0 Å². The van der Waals surface area contributed by atoms with Crippen molar-refractivity contribution in [1.29, 1.82) is 0 Å². The first-order valence-corrected chi connectivity index (χ1v) is 9.15. The minimum atomic E-state index is 0.397. The molecule has 0 amide bonds. The van der Waals surface area contributed by atoms with Crippen molar-refractivity contribution in [3.05, 3.63) is 6.07 Å². The molecular formula is C10H14OS4. The molecule has 1 rings (SSSR count). The average Bonchev–Trinajstić information content (AvgIpc) is 2.27. The molecule has 0 atom stereocenters. The van der Waals surface area contributed by atoms with Crippen LogP contribution in [0.1, 0.15) is 0 Å². The lowest BCUT2D eigenvalue weighted by Crippen LogP contribution is -1.87. The molecule has 0 heterocycles. The highest BCUT2D eigenvalue weighted by molar-refractivity contribution is 8.04. The van der Waals surface area contributed by atoms with Crippen LogP contribution in [0.3, 0.4) is 0 Å². The van der Waals surface area contributed by atoms with Crippen molar-refractivity contribution in [1.82, 2.24) is 0 Å². The summed E-state index contributed by atoms with van der Waals surface area (Å²) in [5, 5.41) is 9.90. The number of phenols is 1. The largest absolute Gasteiger partial charge is 0.507 e. The molecule has 0 bridgehead atoms. The van der Waals surface area contributed by atoms with Gasteiger partial charge in [-0.2, -0.15) is 0 Å². The van der Waals surface area contributed by atoms with Gasteiger partial charge in [-0.3, -0.25) is 0 Å². The van der Waals surface area contributed by atoms with Crippen LogP contribution < -0.4 is 0 Å². The second-order valence-corrected chi connectivity index (χ2v) is 6.00. The van der Waals surface area contributed by atoms with Gasteiger partial charge in [-0.25, -0.2) is 0 Å². The molecule has 0 radical (unpaired) electrons. The molecule has 0 aliphatic rings. The molecule has 0 unspecified atom stereocenters. The lowest BCUT2D eigenvalue weighted by Gasteiger charge is -2.15. The predicted molar refractivity (Wildman–Crippen MR) is 75.2 cm³/mol. The predicted octanol–water partition coefficient (Wildman–Crippen LogP) is 4.28. The van der Waals surface area contributed by atoms with Gasteiger partial charge in [-0.1, -0.05) is 0 Å². The van der Waals surface area contributed by atoms with Crippen LogP contribution in [0, 0.1) is 0 Å². The molecule has 0 fully saturated rings. The lowest BCUT2D eigenvalue weighted by molar-refractivity contribution is 0.455. The van der Waals surface area contributed by atoms with Gasteiger partial charge in [0, 0.05) is 14.7 Å². The maximum atomic E-state index is 9.90. The Kier molecular flexibility index (Phi) is 5.60. The molecule has 0 saturated heterocycles. The van der Waals surface area contributed by atoms with E-state index in [9.17, 15) is 5.11 Å². The second-order valence-electron chi connectivity index (χ2n) is 2.70. The van der Waals surface area contributed by atoms with Gasteiger partial charge in [0.2, 0.25) is 0 Å². The number of phenolic OH excluding ortho intramolecular Hbond substituents is 1. The van der Waals surface area contributed by atoms with Crippen LogP contribution in [0.15, 0.2) is 25.6 Å². The molecule has 0 aromatic heterocycles. The third-order valence-electron chi connectivity index (χ3n) is 1.97. The van der Waals surface area contributed by atoms with Gasteiger partial charge < -0.3 is 5.11 Å². The average molecular weight is 278 g/mol. The van der Waals surface area contributed by atoms with Crippen LogP contribution in [0.25, 0.3) is 0 Å². The fourth-order valence-corrected chi connectivity index (χ4v) is 5.15. The Morgan fingerprint density at radius 3 is 1.73 bits per heavy atom. The molecule has 1 N–H and O–H groups in total. The zero-order valence-electron chi connectivity index (χ0n) is 9.16. The molecule has 1 aromatic carbocycles. The van der Waals surface area contributed by atoms with E-state index in [0.717, 1.165) is 9.79 Å². The fourth-order valence-electron chi connectivity index (χ4n) is 1.31. The van der Waals surface area contributed by atoms with Crippen molar-refractivity contribution in [3.8, 4) is 5.75 Å². The molecule has 1 nitrogen and oxygen atoms in total. The summed E-state index contributed by atoms with van der Waals surface area (Å²) in [4.78, 5) is 4.61. The molecule has 0 saturated carbocycles. The van der Waals surface area contributed by atoms with E-state index in [1.165, 1.54) is 9.79 Å². The highest BCUT2D eigenvalue weighted by atomic mass is 32.2. The standard InChI is InChI=1S/C10H14OS4/c1-12-7-5-6(11)8(13-2)10(15-4)9(7)14-3/h5,11H,1-4H3. The number of hydrogen-bond acceptors (Lipinski definition) is 5. The monoisotopic (exact) mass is 278 g/mol. The summed E-state index contributed by atoms with van der Waals surface area (Å²) in [6, 6.07) is 1.86. The Balaban J connectivity index is 3.44. The van der Waals surface area contributed by atoms with E-state index in [0.29, 0.717) is 5.75 Å². The van der Waals surface area contributed by atoms with E-state index in [1.54, 1.807) is 47.0 Å². The van der Waals surface area contributed by atoms with Crippen LogP contribution >= 0.6 is 47.0 Å². The third kappa shape index (κ3) is 2.75. The molecular weight excluding hydrogens is 264 g/mol. The van der Waals surface area contributed by atoms with Crippen molar-refractivity contribution in [2.45, 2.75) is 19.6 Å². The van der Waals surface area contributed by atoms with Crippen molar-refractivity contribution < 1.29 is 5.11 Å². The Morgan fingerprint density at radius 2 is 1.33 bits per heavy atom. The van der Waals surface area contributed by atoms with Crippen molar-refractivity contribution in [2.75, 3.05) is 25.0 Å². The van der Waals surface area contributed by atoms with Crippen molar-refractivity contribution in [3.63, 3.8) is 0 Å². The smallest absolute Gasteiger partial charge is 0.131 e. The maximum absolute atomic E-state index is 9.90. The van der Waals surface area contributed by atoms with Crippen LogP contribution in [0.2, 0.25) is 0 Å².